The predicted octanol–water partition coefficient (Wildman–Crippen LogP) is 1.90. The molecule has 122 valence electrons. The molecule has 1 aliphatic rings. The highest BCUT2D eigenvalue weighted by Crippen LogP contribution is 2.44. The summed E-state index contributed by atoms with van der Waals surface area (Å²) in [4.78, 5) is 32.3. The van der Waals surface area contributed by atoms with Crippen LogP contribution in [0.4, 0.5) is 11.4 Å². The molecule has 0 saturated carbocycles. The quantitative estimate of drug-likeness (QED) is 0.340. The zero-order chi connectivity index (χ0) is 17.3. The van der Waals surface area contributed by atoms with E-state index in [9.17, 15) is 13.8 Å². The lowest BCUT2D eigenvalue weighted by Gasteiger charge is -2.14. The normalized spacial score (nSPS) is 16.6. The number of rotatable bonds is 4. The molecule has 3 rings (SSSR count). The fraction of sp³-hybridized carbons (Fsp3) is 0.0667. The zero-order valence-corrected chi connectivity index (χ0v) is 13.3. The molecule has 1 aromatic heterocycles. The van der Waals surface area contributed by atoms with E-state index >= 15 is 0 Å². The number of fused-ring (bicyclic) bond motifs is 1. The Balaban J connectivity index is 2.30. The number of isocyanates is 1. The Morgan fingerprint density at radius 3 is 2.79 bits per heavy atom. The minimum atomic E-state index is -2.44. The number of nitrogens with zero attached hydrogens (tertiary/aromatic N) is 2. The van der Waals surface area contributed by atoms with Gasteiger partial charge in [0.1, 0.15) is 0 Å². The molecule has 2 heterocycles. The Kier molecular flexibility index (Phi) is 4.24. The molecule has 1 aromatic carbocycles. The number of benzene rings is 1. The number of aromatic amines is 1. The molecule has 9 heteroatoms. The van der Waals surface area contributed by atoms with E-state index < -0.39 is 17.2 Å². The van der Waals surface area contributed by atoms with Crippen molar-refractivity contribution in [3.05, 3.63) is 47.8 Å². The van der Waals surface area contributed by atoms with Crippen LogP contribution in [0.2, 0.25) is 0 Å². The highest BCUT2D eigenvalue weighted by Gasteiger charge is 2.37. The molecule has 1 unspecified atom stereocenters. The SMILES string of the molecule is CC(=C1C(=O)N(NS(=O)O)c2cccc(N=C=O)c21)c1ccc[nH]1. The van der Waals surface area contributed by atoms with Crippen LogP contribution in [0.3, 0.4) is 0 Å². The third kappa shape index (κ3) is 2.61. The number of carbonyl (C=O) groups is 1. The van der Waals surface area contributed by atoms with Crippen molar-refractivity contribution in [1.29, 1.82) is 0 Å². The van der Waals surface area contributed by atoms with Crippen molar-refractivity contribution in [2.45, 2.75) is 6.92 Å². The molecule has 1 atom stereocenters. The maximum Gasteiger partial charge on any atom is 0.274 e. The van der Waals surface area contributed by atoms with Gasteiger partial charge >= 0.3 is 0 Å². The van der Waals surface area contributed by atoms with Gasteiger partial charge in [-0.15, -0.1) is 4.83 Å². The molecule has 0 bridgehead atoms. The molecule has 8 nitrogen and oxygen atoms in total. The molecule has 24 heavy (non-hydrogen) atoms. The van der Waals surface area contributed by atoms with Crippen molar-refractivity contribution < 1.29 is 18.4 Å². The predicted molar refractivity (Wildman–Crippen MR) is 88.9 cm³/mol. The number of allylic oxidation sites excluding steroid dienone is 1. The number of hydrazine groups is 1. The van der Waals surface area contributed by atoms with Gasteiger partial charge < -0.3 is 4.98 Å². The van der Waals surface area contributed by atoms with E-state index in [2.05, 4.69) is 14.8 Å². The minimum Gasteiger partial charge on any atom is -0.361 e. The molecule has 0 spiro atoms. The van der Waals surface area contributed by atoms with Crippen molar-refractivity contribution >= 4 is 45.8 Å². The fourth-order valence-electron chi connectivity index (χ4n) is 2.66. The number of hydrogen-bond donors (Lipinski definition) is 3. The number of aromatic nitrogens is 1. The van der Waals surface area contributed by atoms with Crippen molar-refractivity contribution in [2.75, 3.05) is 5.01 Å². The Morgan fingerprint density at radius 1 is 1.38 bits per heavy atom. The number of amides is 1. The second-order valence-corrected chi connectivity index (χ2v) is 5.62. The molecule has 1 amide bonds. The largest absolute Gasteiger partial charge is 0.361 e. The van der Waals surface area contributed by atoms with E-state index in [1.807, 2.05) is 0 Å². The van der Waals surface area contributed by atoms with Gasteiger partial charge in [0.15, 0.2) is 0 Å². The summed E-state index contributed by atoms with van der Waals surface area (Å²) in [7, 11) is 0. The lowest BCUT2D eigenvalue weighted by Crippen LogP contribution is -2.41. The monoisotopic (exact) mass is 344 g/mol. The van der Waals surface area contributed by atoms with E-state index in [0.717, 1.165) is 5.01 Å². The summed E-state index contributed by atoms with van der Waals surface area (Å²) >= 11 is -2.44. The lowest BCUT2D eigenvalue weighted by atomic mass is 9.98. The van der Waals surface area contributed by atoms with Crippen molar-refractivity contribution in [1.82, 2.24) is 9.82 Å². The molecular weight excluding hydrogens is 332 g/mol. The second kappa shape index (κ2) is 6.34. The Hall–Kier alpha value is -2.84. The van der Waals surface area contributed by atoms with Crippen molar-refractivity contribution in [3.8, 4) is 0 Å². The molecular formula is C15H12N4O4S. The summed E-state index contributed by atoms with van der Waals surface area (Å²) in [6.07, 6.45) is 3.18. The first-order chi connectivity index (χ1) is 11.5. The summed E-state index contributed by atoms with van der Waals surface area (Å²) in [6.45, 7) is 1.74. The Bertz CT molecular complexity index is 914. The summed E-state index contributed by atoms with van der Waals surface area (Å²) in [5, 5.41) is 0.969. The van der Waals surface area contributed by atoms with E-state index in [0.29, 0.717) is 22.5 Å². The first-order valence-electron chi connectivity index (χ1n) is 6.82. The van der Waals surface area contributed by atoms with Gasteiger partial charge in [0.2, 0.25) is 6.08 Å². The standard InChI is InChI=1S/C15H12N4O4S/c1-9(10-5-3-7-16-10)13-14-11(17-8-20)4-2-6-12(14)19(15(13)21)18-24(22)23/h2-7,16,18H,1H3,(H,22,23). The number of anilines is 1. The Labute approximate surface area is 139 Å². The van der Waals surface area contributed by atoms with Crippen molar-refractivity contribution in [2.24, 2.45) is 4.99 Å². The topological polar surface area (TPSA) is 115 Å². The third-order valence-corrected chi connectivity index (χ3v) is 3.98. The van der Waals surface area contributed by atoms with E-state index in [1.54, 1.807) is 43.5 Å². The highest BCUT2D eigenvalue weighted by atomic mass is 32.2. The van der Waals surface area contributed by atoms with Gasteiger partial charge in [-0.2, -0.15) is 4.99 Å². The summed E-state index contributed by atoms with van der Waals surface area (Å²) in [5.41, 5.74) is 2.59. The van der Waals surface area contributed by atoms with Gasteiger partial charge in [-0.1, -0.05) is 6.07 Å². The molecule has 0 radical (unpaired) electrons. The molecule has 0 aliphatic carbocycles. The summed E-state index contributed by atoms with van der Waals surface area (Å²) < 4.78 is 20.2. The number of nitrogens with one attached hydrogen (secondary N) is 2. The van der Waals surface area contributed by atoms with Crippen molar-refractivity contribution in [3.63, 3.8) is 0 Å². The van der Waals surface area contributed by atoms with Crippen LogP contribution in [-0.2, 0) is 20.9 Å². The first-order valence-corrected chi connectivity index (χ1v) is 7.92. The van der Waals surface area contributed by atoms with Crippen LogP contribution in [0, 0.1) is 0 Å². The maximum atomic E-state index is 12.8. The van der Waals surface area contributed by atoms with E-state index in [1.165, 1.54) is 6.08 Å². The number of aliphatic imine (C=N–C) groups is 1. The number of H-pyrrole nitrogens is 1. The van der Waals surface area contributed by atoms with Gasteiger partial charge in [-0.05, 0) is 36.8 Å². The third-order valence-electron chi connectivity index (χ3n) is 3.64. The van der Waals surface area contributed by atoms with Crippen LogP contribution in [0.5, 0.6) is 0 Å². The van der Waals surface area contributed by atoms with E-state index in [4.69, 9.17) is 4.55 Å². The van der Waals surface area contributed by atoms with Crippen LogP contribution in [0.15, 0.2) is 41.5 Å². The van der Waals surface area contributed by atoms with Gasteiger partial charge in [0.05, 0.1) is 16.9 Å². The lowest BCUT2D eigenvalue weighted by molar-refractivity contribution is -0.113. The van der Waals surface area contributed by atoms with Gasteiger partial charge in [0.25, 0.3) is 17.2 Å². The van der Waals surface area contributed by atoms with Gasteiger partial charge in [0, 0.05) is 17.5 Å². The molecule has 0 saturated heterocycles. The Morgan fingerprint density at radius 2 is 2.17 bits per heavy atom. The number of carbonyl (C=O) groups excluding carboxylic acids is 2. The van der Waals surface area contributed by atoms with Crippen LogP contribution in [0.1, 0.15) is 18.2 Å². The maximum absolute atomic E-state index is 12.8. The van der Waals surface area contributed by atoms with Crippen LogP contribution in [-0.4, -0.2) is 25.7 Å². The average Bonchev–Trinajstić information content (AvgIpc) is 3.16. The number of hydrogen-bond acceptors (Lipinski definition) is 4. The molecule has 1 aliphatic heterocycles. The average molecular weight is 344 g/mol. The first kappa shape index (κ1) is 16.0. The molecule has 2 aromatic rings. The summed E-state index contributed by atoms with van der Waals surface area (Å²) in [5.74, 6) is -0.520. The van der Waals surface area contributed by atoms with E-state index in [-0.39, 0.29) is 11.3 Å². The minimum absolute atomic E-state index is 0.254. The zero-order valence-electron chi connectivity index (χ0n) is 12.4. The van der Waals surface area contributed by atoms with Crippen LogP contribution in [0.25, 0.3) is 11.1 Å². The van der Waals surface area contributed by atoms with Crippen LogP contribution < -0.4 is 9.84 Å². The molecule has 3 N–H and O–H groups in total. The second-order valence-electron chi connectivity index (χ2n) is 4.94. The van der Waals surface area contributed by atoms with Gasteiger partial charge in [-0.25, -0.2) is 14.0 Å². The molecule has 0 fully saturated rings. The fourth-order valence-corrected chi connectivity index (χ4v) is 2.99. The smallest absolute Gasteiger partial charge is 0.274 e. The van der Waals surface area contributed by atoms with Crippen LogP contribution >= 0.6 is 0 Å². The summed E-state index contributed by atoms with van der Waals surface area (Å²) in [6, 6.07) is 8.32. The van der Waals surface area contributed by atoms with Gasteiger partial charge in [-0.3, -0.25) is 9.35 Å². The highest BCUT2D eigenvalue weighted by molar-refractivity contribution is 7.77.